The van der Waals surface area contributed by atoms with Gasteiger partial charge in [0.25, 0.3) is 0 Å². The zero-order valence-electron chi connectivity index (χ0n) is 7.57. The van der Waals surface area contributed by atoms with E-state index in [0.717, 1.165) is 13.3 Å². The second kappa shape index (κ2) is 3.75. The van der Waals surface area contributed by atoms with Crippen molar-refractivity contribution in [1.29, 1.82) is 0 Å². The SMILES string of the molecule is CC(C)OC(=O)N(C)S(C)(=O)=O. The summed E-state index contributed by atoms with van der Waals surface area (Å²) in [4.78, 5) is 10.9. The van der Waals surface area contributed by atoms with Crippen LogP contribution in [0.15, 0.2) is 0 Å². The van der Waals surface area contributed by atoms with Gasteiger partial charge in [0, 0.05) is 7.05 Å². The van der Waals surface area contributed by atoms with Gasteiger partial charge in [-0.15, -0.1) is 0 Å². The van der Waals surface area contributed by atoms with Crippen LogP contribution in [0.1, 0.15) is 13.8 Å². The largest absolute Gasteiger partial charge is 0.446 e. The van der Waals surface area contributed by atoms with Crippen LogP contribution in [0.3, 0.4) is 0 Å². The number of nitrogens with zero attached hydrogens (tertiary/aromatic N) is 1. The Morgan fingerprint density at radius 3 is 2.08 bits per heavy atom. The van der Waals surface area contributed by atoms with Gasteiger partial charge in [-0.2, -0.15) is 0 Å². The lowest BCUT2D eigenvalue weighted by molar-refractivity contribution is 0.101. The summed E-state index contributed by atoms with van der Waals surface area (Å²) >= 11 is 0. The number of sulfonamides is 1. The molecule has 0 unspecified atom stereocenters. The van der Waals surface area contributed by atoms with E-state index in [-0.39, 0.29) is 6.10 Å². The molecule has 1 amide bonds. The minimum Gasteiger partial charge on any atom is -0.446 e. The second-order valence-corrected chi connectivity index (χ2v) is 4.68. The van der Waals surface area contributed by atoms with Crippen LogP contribution in [0.4, 0.5) is 4.79 Å². The van der Waals surface area contributed by atoms with E-state index in [1.807, 2.05) is 0 Å². The van der Waals surface area contributed by atoms with Gasteiger partial charge in [0.15, 0.2) is 0 Å². The van der Waals surface area contributed by atoms with Gasteiger partial charge >= 0.3 is 6.09 Å². The Labute approximate surface area is 72.4 Å². The van der Waals surface area contributed by atoms with E-state index < -0.39 is 16.1 Å². The lowest BCUT2D eigenvalue weighted by Gasteiger charge is -2.15. The molecule has 0 aliphatic rings. The summed E-state index contributed by atoms with van der Waals surface area (Å²) in [5, 5.41) is 0. The van der Waals surface area contributed by atoms with Gasteiger partial charge in [-0.1, -0.05) is 0 Å². The molecule has 0 aliphatic heterocycles. The van der Waals surface area contributed by atoms with Gasteiger partial charge in [0.2, 0.25) is 10.0 Å². The van der Waals surface area contributed by atoms with Gasteiger partial charge < -0.3 is 4.74 Å². The Balaban J connectivity index is 4.32. The van der Waals surface area contributed by atoms with Crippen LogP contribution in [-0.4, -0.2) is 38.2 Å². The van der Waals surface area contributed by atoms with E-state index in [2.05, 4.69) is 4.74 Å². The van der Waals surface area contributed by atoms with Crippen molar-refractivity contribution in [3.05, 3.63) is 0 Å². The highest BCUT2D eigenvalue weighted by Gasteiger charge is 2.20. The lowest BCUT2D eigenvalue weighted by Crippen LogP contribution is -2.34. The molecule has 0 saturated heterocycles. The van der Waals surface area contributed by atoms with Crippen molar-refractivity contribution in [2.24, 2.45) is 0 Å². The molecule has 0 aliphatic carbocycles. The topological polar surface area (TPSA) is 63.7 Å². The number of ether oxygens (including phenoxy) is 1. The molecule has 0 saturated carbocycles. The third kappa shape index (κ3) is 3.56. The van der Waals surface area contributed by atoms with E-state index >= 15 is 0 Å². The van der Waals surface area contributed by atoms with Crippen LogP contribution < -0.4 is 0 Å². The van der Waals surface area contributed by atoms with E-state index in [4.69, 9.17) is 0 Å². The molecule has 0 aromatic rings. The van der Waals surface area contributed by atoms with Crippen LogP contribution >= 0.6 is 0 Å². The van der Waals surface area contributed by atoms with Gasteiger partial charge in [-0.05, 0) is 13.8 Å². The molecule has 5 nitrogen and oxygen atoms in total. The standard InChI is InChI=1S/C6H13NO4S/c1-5(2)11-6(8)7(3)12(4,9)10/h5H,1-4H3. The summed E-state index contributed by atoms with van der Waals surface area (Å²) in [6.45, 7) is 3.29. The minimum atomic E-state index is -3.49. The highest BCUT2D eigenvalue weighted by atomic mass is 32.2. The molecule has 0 atom stereocenters. The predicted octanol–water partition coefficient (Wildman–Crippen LogP) is 0.423. The normalized spacial score (nSPS) is 11.4. The second-order valence-electron chi connectivity index (χ2n) is 2.66. The van der Waals surface area contributed by atoms with Crippen molar-refractivity contribution >= 4 is 16.1 Å². The highest BCUT2D eigenvalue weighted by molar-refractivity contribution is 7.88. The third-order valence-electron chi connectivity index (χ3n) is 1.09. The number of carbonyl (C=O) groups is 1. The van der Waals surface area contributed by atoms with Crippen molar-refractivity contribution in [3.8, 4) is 0 Å². The number of amides is 1. The molecule has 0 aromatic carbocycles. The van der Waals surface area contributed by atoms with Gasteiger partial charge in [0.1, 0.15) is 0 Å². The van der Waals surface area contributed by atoms with Crippen LogP contribution in [0.5, 0.6) is 0 Å². The quantitative estimate of drug-likeness (QED) is 0.640. The molecule has 6 heteroatoms. The summed E-state index contributed by atoms with van der Waals surface area (Å²) in [6.07, 6.45) is -0.233. The van der Waals surface area contributed by atoms with Gasteiger partial charge in [-0.25, -0.2) is 17.5 Å². The Morgan fingerprint density at radius 1 is 1.42 bits per heavy atom. The van der Waals surface area contributed by atoms with Crippen molar-refractivity contribution in [2.45, 2.75) is 20.0 Å². The molecule has 0 fully saturated rings. The fourth-order valence-corrected chi connectivity index (χ4v) is 0.725. The first-order chi connectivity index (χ1) is 5.25. The fraction of sp³-hybridized carbons (Fsp3) is 0.833. The lowest BCUT2D eigenvalue weighted by atomic mass is 10.5. The van der Waals surface area contributed by atoms with Crippen molar-refractivity contribution in [2.75, 3.05) is 13.3 Å². The smallest absolute Gasteiger partial charge is 0.423 e. The van der Waals surface area contributed by atoms with Crippen LogP contribution in [0.25, 0.3) is 0 Å². The Kier molecular flexibility index (Phi) is 3.51. The Bertz CT molecular complexity index is 257. The van der Waals surface area contributed by atoms with Crippen molar-refractivity contribution < 1.29 is 17.9 Å². The molecule has 0 N–H and O–H groups in total. The summed E-state index contributed by atoms with van der Waals surface area (Å²) in [6, 6.07) is 0. The Hall–Kier alpha value is -0.780. The maximum atomic E-state index is 10.9. The zero-order chi connectivity index (χ0) is 9.94. The molecule has 0 rings (SSSR count). The van der Waals surface area contributed by atoms with Crippen LogP contribution in [0, 0.1) is 0 Å². The van der Waals surface area contributed by atoms with E-state index in [0.29, 0.717) is 4.31 Å². The molecule has 0 radical (unpaired) electrons. The molecule has 72 valence electrons. The van der Waals surface area contributed by atoms with Crippen molar-refractivity contribution in [1.82, 2.24) is 4.31 Å². The molecular formula is C6H13NO4S. The summed E-state index contributed by atoms with van der Waals surface area (Å²) < 4.78 is 26.8. The molecule has 0 bridgehead atoms. The number of rotatable bonds is 2. The molecule has 12 heavy (non-hydrogen) atoms. The molecular weight excluding hydrogens is 182 g/mol. The molecule has 0 spiro atoms. The average Bonchev–Trinajstić information content (AvgIpc) is 1.82. The van der Waals surface area contributed by atoms with E-state index in [1.165, 1.54) is 0 Å². The number of hydrogen-bond acceptors (Lipinski definition) is 4. The number of hydrogen-bond donors (Lipinski definition) is 0. The fourth-order valence-electron chi connectivity index (χ4n) is 0.411. The van der Waals surface area contributed by atoms with Gasteiger partial charge in [0.05, 0.1) is 12.4 Å². The monoisotopic (exact) mass is 195 g/mol. The number of carbonyl (C=O) groups excluding carboxylic acids is 1. The highest BCUT2D eigenvalue weighted by Crippen LogP contribution is 1.99. The van der Waals surface area contributed by atoms with Crippen LogP contribution in [0.2, 0.25) is 0 Å². The maximum absolute atomic E-state index is 10.9. The molecule has 0 heterocycles. The summed E-state index contributed by atoms with van der Waals surface area (Å²) in [5.41, 5.74) is 0. The Morgan fingerprint density at radius 2 is 1.83 bits per heavy atom. The first-order valence-electron chi connectivity index (χ1n) is 3.39. The summed E-state index contributed by atoms with van der Waals surface area (Å²) in [5.74, 6) is 0. The zero-order valence-corrected chi connectivity index (χ0v) is 8.38. The third-order valence-corrected chi connectivity index (χ3v) is 2.24. The first-order valence-corrected chi connectivity index (χ1v) is 5.24. The summed E-state index contributed by atoms with van der Waals surface area (Å²) in [7, 11) is -2.34. The maximum Gasteiger partial charge on any atom is 0.423 e. The van der Waals surface area contributed by atoms with Crippen LogP contribution in [-0.2, 0) is 14.8 Å². The average molecular weight is 195 g/mol. The van der Waals surface area contributed by atoms with E-state index in [1.54, 1.807) is 13.8 Å². The minimum absolute atomic E-state index is 0.318. The van der Waals surface area contributed by atoms with E-state index in [9.17, 15) is 13.2 Å². The molecule has 0 aromatic heterocycles. The first kappa shape index (κ1) is 11.2. The predicted molar refractivity (Wildman–Crippen MR) is 44.2 cm³/mol. The van der Waals surface area contributed by atoms with Crippen molar-refractivity contribution in [3.63, 3.8) is 0 Å². The van der Waals surface area contributed by atoms with Gasteiger partial charge in [-0.3, -0.25) is 0 Å².